The first-order chi connectivity index (χ1) is 12.2. The Balaban J connectivity index is 1.33. The highest BCUT2D eigenvalue weighted by atomic mass is 16.5. The van der Waals surface area contributed by atoms with Crippen molar-refractivity contribution in [2.75, 3.05) is 32.8 Å². The Labute approximate surface area is 146 Å². The molecule has 0 spiro atoms. The van der Waals surface area contributed by atoms with Crippen LogP contribution < -0.4 is 9.47 Å². The zero-order chi connectivity index (χ0) is 17.2. The number of amides is 1. The summed E-state index contributed by atoms with van der Waals surface area (Å²) in [7, 11) is 0. The average Bonchev–Trinajstić information content (AvgIpc) is 3.10. The number of carbonyl (C=O) groups excluding carboxylic acids is 1. The van der Waals surface area contributed by atoms with Crippen LogP contribution in [-0.2, 0) is 13.0 Å². The van der Waals surface area contributed by atoms with E-state index in [1.807, 2.05) is 4.90 Å². The number of rotatable bonds is 3. The monoisotopic (exact) mass is 339 g/mol. The minimum absolute atomic E-state index is 0.00469. The number of ether oxygens (including phenoxy) is 1. The standard InChI is InChI=1S/C19H21N3O3/c23-19(16-3-6-22(24)7-4-16)21-10-8-20(9-11-21)14-15-1-2-18-17(13-15)5-12-25-18/h1-4,6-7,13H,5,8-12,14H2. The summed E-state index contributed by atoms with van der Waals surface area (Å²) in [4.78, 5) is 16.7. The molecule has 2 aromatic rings. The lowest BCUT2D eigenvalue weighted by molar-refractivity contribution is -0.605. The maximum Gasteiger partial charge on any atom is 0.254 e. The van der Waals surface area contributed by atoms with E-state index < -0.39 is 0 Å². The minimum Gasteiger partial charge on any atom is -0.619 e. The zero-order valence-electron chi connectivity index (χ0n) is 14.1. The van der Waals surface area contributed by atoms with E-state index in [0.29, 0.717) is 23.4 Å². The molecule has 1 saturated heterocycles. The summed E-state index contributed by atoms with van der Waals surface area (Å²) >= 11 is 0. The first-order valence-corrected chi connectivity index (χ1v) is 8.64. The Morgan fingerprint density at radius 2 is 1.88 bits per heavy atom. The van der Waals surface area contributed by atoms with Crippen LogP contribution in [0.15, 0.2) is 42.7 Å². The number of nitrogens with zero attached hydrogens (tertiary/aromatic N) is 3. The largest absolute Gasteiger partial charge is 0.619 e. The summed E-state index contributed by atoms with van der Waals surface area (Å²) in [5, 5.41) is 11.1. The lowest BCUT2D eigenvalue weighted by Crippen LogP contribution is -2.48. The van der Waals surface area contributed by atoms with Gasteiger partial charge in [-0.05, 0) is 17.2 Å². The molecule has 0 N–H and O–H groups in total. The maximum atomic E-state index is 12.5. The number of aromatic nitrogens is 1. The van der Waals surface area contributed by atoms with Gasteiger partial charge in [0.1, 0.15) is 5.75 Å². The van der Waals surface area contributed by atoms with Crippen molar-refractivity contribution < 1.29 is 14.3 Å². The fourth-order valence-corrected chi connectivity index (χ4v) is 3.44. The van der Waals surface area contributed by atoms with E-state index in [9.17, 15) is 10.0 Å². The van der Waals surface area contributed by atoms with Crippen molar-refractivity contribution in [3.8, 4) is 5.75 Å². The normalized spacial score (nSPS) is 17.2. The van der Waals surface area contributed by atoms with Crippen LogP contribution in [0.3, 0.4) is 0 Å². The van der Waals surface area contributed by atoms with Crippen molar-refractivity contribution in [1.29, 1.82) is 0 Å². The van der Waals surface area contributed by atoms with Gasteiger partial charge in [0.05, 0.1) is 12.2 Å². The number of hydrogen-bond acceptors (Lipinski definition) is 4. The molecular weight excluding hydrogens is 318 g/mol. The minimum atomic E-state index is -0.00469. The van der Waals surface area contributed by atoms with Gasteiger partial charge in [-0.3, -0.25) is 9.69 Å². The van der Waals surface area contributed by atoms with Gasteiger partial charge in [-0.25, -0.2) is 0 Å². The van der Waals surface area contributed by atoms with Crippen LogP contribution in [0.2, 0.25) is 0 Å². The molecule has 1 amide bonds. The van der Waals surface area contributed by atoms with Gasteiger partial charge < -0.3 is 14.8 Å². The van der Waals surface area contributed by atoms with Crippen molar-refractivity contribution in [1.82, 2.24) is 9.80 Å². The van der Waals surface area contributed by atoms with Gasteiger partial charge in [-0.2, -0.15) is 4.73 Å². The van der Waals surface area contributed by atoms with Crippen LogP contribution in [0, 0.1) is 5.21 Å². The number of benzene rings is 1. The molecule has 0 aliphatic carbocycles. The predicted octanol–water partition coefficient (Wildman–Crippen LogP) is 1.21. The van der Waals surface area contributed by atoms with E-state index in [1.165, 1.54) is 23.5 Å². The van der Waals surface area contributed by atoms with Crippen molar-refractivity contribution in [3.63, 3.8) is 0 Å². The highest BCUT2D eigenvalue weighted by Crippen LogP contribution is 2.26. The Bertz CT molecular complexity index is 768. The number of pyridine rings is 1. The van der Waals surface area contributed by atoms with Crippen molar-refractivity contribution >= 4 is 5.91 Å². The second-order valence-corrected chi connectivity index (χ2v) is 6.56. The molecule has 1 aromatic carbocycles. The number of piperazine rings is 1. The van der Waals surface area contributed by atoms with Gasteiger partial charge >= 0.3 is 0 Å². The van der Waals surface area contributed by atoms with E-state index >= 15 is 0 Å². The second-order valence-electron chi connectivity index (χ2n) is 6.56. The Morgan fingerprint density at radius 3 is 2.64 bits per heavy atom. The molecule has 3 heterocycles. The Kier molecular flexibility index (Phi) is 4.28. The fourth-order valence-electron chi connectivity index (χ4n) is 3.44. The van der Waals surface area contributed by atoms with E-state index in [-0.39, 0.29) is 5.91 Å². The zero-order valence-corrected chi connectivity index (χ0v) is 14.1. The van der Waals surface area contributed by atoms with Crippen LogP contribution in [-0.4, -0.2) is 48.5 Å². The number of carbonyl (C=O) groups is 1. The third kappa shape index (κ3) is 3.44. The molecule has 6 nitrogen and oxygen atoms in total. The lowest BCUT2D eigenvalue weighted by Gasteiger charge is -2.34. The smallest absolute Gasteiger partial charge is 0.254 e. The van der Waals surface area contributed by atoms with Crippen LogP contribution in [0.5, 0.6) is 5.75 Å². The lowest BCUT2D eigenvalue weighted by atomic mass is 10.1. The molecule has 0 bridgehead atoms. The molecule has 2 aliphatic rings. The molecule has 0 unspecified atom stereocenters. The predicted molar refractivity (Wildman–Crippen MR) is 92.2 cm³/mol. The van der Waals surface area contributed by atoms with Gasteiger partial charge in [0.25, 0.3) is 5.91 Å². The van der Waals surface area contributed by atoms with Crippen LogP contribution in [0.4, 0.5) is 0 Å². The summed E-state index contributed by atoms with van der Waals surface area (Å²) in [6, 6.07) is 9.59. The highest BCUT2D eigenvalue weighted by Gasteiger charge is 2.23. The van der Waals surface area contributed by atoms with Gasteiger partial charge in [-0.1, -0.05) is 12.1 Å². The molecule has 1 aromatic heterocycles. The van der Waals surface area contributed by atoms with Gasteiger partial charge in [-0.15, -0.1) is 0 Å². The van der Waals surface area contributed by atoms with Gasteiger partial charge in [0.2, 0.25) is 0 Å². The van der Waals surface area contributed by atoms with Crippen LogP contribution >= 0.6 is 0 Å². The third-order valence-corrected chi connectivity index (χ3v) is 4.87. The van der Waals surface area contributed by atoms with Gasteiger partial charge in [0, 0.05) is 51.3 Å². The average molecular weight is 339 g/mol. The molecular formula is C19H21N3O3. The summed E-state index contributed by atoms with van der Waals surface area (Å²) in [6.07, 6.45) is 3.72. The number of hydrogen-bond donors (Lipinski definition) is 0. The topological polar surface area (TPSA) is 59.7 Å². The highest BCUT2D eigenvalue weighted by molar-refractivity contribution is 5.94. The quantitative estimate of drug-likeness (QED) is 0.623. The fraction of sp³-hybridized carbons (Fsp3) is 0.368. The van der Waals surface area contributed by atoms with Crippen LogP contribution in [0.25, 0.3) is 0 Å². The summed E-state index contributed by atoms with van der Waals surface area (Å²) in [6.45, 7) is 4.81. The second kappa shape index (κ2) is 6.72. The number of fused-ring (bicyclic) bond motifs is 1. The molecule has 1 fully saturated rings. The van der Waals surface area contributed by atoms with Crippen LogP contribution in [0.1, 0.15) is 21.5 Å². The van der Waals surface area contributed by atoms with E-state index in [1.54, 1.807) is 12.1 Å². The molecule has 0 saturated carbocycles. The van der Waals surface area contributed by atoms with Gasteiger partial charge in [0.15, 0.2) is 12.4 Å². The molecule has 25 heavy (non-hydrogen) atoms. The first-order valence-electron chi connectivity index (χ1n) is 8.64. The Hall–Kier alpha value is -2.60. The summed E-state index contributed by atoms with van der Waals surface area (Å²) in [5.41, 5.74) is 3.16. The van der Waals surface area contributed by atoms with Crippen molar-refractivity contribution in [2.45, 2.75) is 13.0 Å². The molecule has 0 radical (unpaired) electrons. The first kappa shape index (κ1) is 15.9. The molecule has 6 heteroatoms. The van der Waals surface area contributed by atoms with Crippen molar-refractivity contribution in [2.24, 2.45) is 0 Å². The maximum absolute atomic E-state index is 12.5. The summed E-state index contributed by atoms with van der Waals surface area (Å²) < 4.78 is 6.25. The SMILES string of the molecule is O=C(c1cc[n+]([O-])cc1)N1CCN(Cc2ccc3c(c2)CCO3)CC1. The van der Waals surface area contributed by atoms with E-state index in [4.69, 9.17) is 4.74 Å². The van der Waals surface area contributed by atoms with E-state index in [0.717, 1.165) is 38.4 Å². The molecule has 130 valence electrons. The summed E-state index contributed by atoms with van der Waals surface area (Å²) in [5.74, 6) is 1.01. The van der Waals surface area contributed by atoms with Crippen molar-refractivity contribution in [3.05, 3.63) is 64.6 Å². The molecule has 4 rings (SSSR count). The Morgan fingerprint density at radius 1 is 1.12 bits per heavy atom. The molecule has 0 atom stereocenters. The third-order valence-electron chi connectivity index (χ3n) is 4.87. The van der Waals surface area contributed by atoms with E-state index in [2.05, 4.69) is 23.1 Å². The molecule has 2 aliphatic heterocycles.